The van der Waals surface area contributed by atoms with Gasteiger partial charge in [0.2, 0.25) is 5.91 Å². The van der Waals surface area contributed by atoms with Crippen LogP contribution in [0.5, 0.6) is 5.75 Å². The van der Waals surface area contributed by atoms with E-state index in [4.69, 9.17) is 4.74 Å². The van der Waals surface area contributed by atoms with Crippen LogP contribution in [0.25, 0.3) is 0 Å². The Morgan fingerprint density at radius 2 is 1.80 bits per heavy atom. The molecule has 3 nitrogen and oxygen atoms in total. The van der Waals surface area contributed by atoms with Crippen LogP contribution in [-0.4, -0.2) is 18.1 Å². The van der Waals surface area contributed by atoms with Crippen LogP contribution in [0.3, 0.4) is 0 Å². The first kappa shape index (κ1) is 16.5. The second kappa shape index (κ2) is 7.32. The third-order valence-electron chi connectivity index (χ3n) is 2.88. The Morgan fingerprint density at radius 1 is 1.20 bits per heavy atom. The van der Waals surface area contributed by atoms with Crippen molar-refractivity contribution in [3.63, 3.8) is 0 Å². The molecule has 0 radical (unpaired) electrons. The zero-order chi connectivity index (χ0) is 15.2. The number of hydrogen-bond acceptors (Lipinski definition) is 2. The first-order valence-electron chi connectivity index (χ1n) is 7.32. The van der Waals surface area contributed by atoms with Gasteiger partial charge in [-0.1, -0.05) is 26.0 Å². The van der Waals surface area contributed by atoms with E-state index in [-0.39, 0.29) is 11.4 Å². The lowest BCUT2D eigenvalue weighted by Gasteiger charge is -2.20. The lowest BCUT2D eigenvalue weighted by Crippen LogP contribution is -2.40. The molecule has 0 aliphatic rings. The highest BCUT2D eigenvalue weighted by atomic mass is 16.5. The van der Waals surface area contributed by atoms with E-state index in [1.807, 2.05) is 32.9 Å². The standard InChI is InChI=1S/C17H27NO2/c1-13(2)14-8-10-15(11-9-14)20-12-6-7-16(19)18-17(3,4)5/h8-11,13H,6-7,12H2,1-5H3,(H,18,19). The number of benzene rings is 1. The van der Waals surface area contributed by atoms with E-state index in [0.29, 0.717) is 18.9 Å². The van der Waals surface area contributed by atoms with Crippen molar-refractivity contribution in [3.8, 4) is 5.75 Å². The van der Waals surface area contributed by atoms with Crippen molar-refractivity contribution in [3.05, 3.63) is 29.8 Å². The maximum Gasteiger partial charge on any atom is 0.220 e. The molecule has 3 heteroatoms. The maximum atomic E-state index is 11.6. The summed E-state index contributed by atoms with van der Waals surface area (Å²) in [4.78, 5) is 11.6. The van der Waals surface area contributed by atoms with Gasteiger partial charge in [-0.15, -0.1) is 0 Å². The molecule has 0 saturated carbocycles. The van der Waals surface area contributed by atoms with Crippen LogP contribution in [0, 0.1) is 0 Å². The second-order valence-corrected chi connectivity index (χ2v) is 6.47. The van der Waals surface area contributed by atoms with Gasteiger partial charge >= 0.3 is 0 Å². The number of carbonyl (C=O) groups excluding carboxylic acids is 1. The molecule has 1 aromatic carbocycles. The van der Waals surface area contributed by atoms with Crippen molar-refractivity contribution in [1.82, 2.24) is 5.32 Å². The monoisotopic (exact) mass is 277 g/mol. The van der Waals surface area contributed by atoms with Gasteiger partial charge in [-0.05, 0) is 50.8 Å². The average Bonchev–Trinajstić information content (AvgIpc) is 2.33. The lowest BCUT2D eigenvalue weighted by molar-refractivity contribution is -0.122. The van der Waals surface area contributed by atoms with Crippen molar-refractivity contribution < 1.29 is 9.53 Å². The normalized spacial score (nSPS) is 11.5. The molecular formula is C17H27NO2. The Bertz CT molecular complexity index is 416. The van der Waals surface area contributed by atoms with Crippen molar-refractivity contribution in [2.75, 3.05) is 6.61 Å². The lowest BCUT2D eigenvalue weighted by atomic mass is 10.0. The minimum Gasteiger partial charge on any atom is -0.494 e. The Morgan fingerprint density at radius 3 is 2.30 bits per heavy atom. The third kappa shape index (κ3) is 6.60. The summed E-state index contributed by atoms with van der Waals surface area (Å²) in [5.41, 5.74) is 1.15. The van der Waals surface area contributed by atoms with E-state index in [1.54, 1.807) is 0 Å². The summed E-state index contributed by atoms with van der Waals surface area (Å²) in [5.74, 6) is 1.48. The number of rotatable bonds is 6. The smallest absolute Gasteiger partial charge is 0.220 e. The van der Waals surface area contributed by atoms with Crippen LogP contribution in [0.1, 0.15) is 58.9 Å². The van der Waals surface area contributed by atoms with E-state index in [2.05, 4.69) is 31.3 Å². The van der Waals surface area contributed by atoms with E-state index >= 15 is 0 Å². The summed E-state index contributed by atoms with van der Waals surface area (Å²) in [6.07, 6.45) is 1.23. The fourth-order valence-electron chi connectivity index (χ4n) is 1.85. The first-order chi connectivity index (χ1) is 9.28. The molecule has 0 atom stereocenters. The summed E-state index contributed by atoms with van der Waals surface area (Å²) >= 11 is 0. The van der Waals surface area contributed by atoms with E-state index in [1.165, 1.54) is 5.56 Å². The van der Waals surface area contributed by atoms with Crippen molar-refractivity contribution in [2.24, 2.45) is 0 Å². The van der Waals surface area contributed by atoms with E-state index in [9.17, 15) is 4.79 Å². The van der Waals surface area contributed by atoms with E-state index in [0.717, 1.165) is 12.2 Å². The van der Waals surface area contributed by atoms with Gasteiger partial charge in [0, 0.05) is 12.0 Å². The number of amides is 1. The van der Waals surface area contributed by atoms with Crippen molar-refractivity contribution in [2.45, 2.75) is 58.9 Å². The van der Waals surface area contributed by atoms with Gasteiger partial charge in [0.05, 0.1) is 6.61 Å². The first-order valence-corrected chi connectivity index (χ1v) is 7.32. The molecule has 0 unspecified atom stereocenters. The van der Waals surface area contributed by atoms with Gasteiger partial charge in [0.15, 0.2) is 0 Å². The van der Waals surface area contributed by atoms with Crippen LogP contribution >= 0.6 is 0 Å². The summed E-state index contributed by atoms with van der Waals surface area (Å²) in [6, 6.07) is 8.16. The molecule has 0 spiro atoms. The largest absolute Gasteiger partial charge is 0.494 e. The number of ether oxygens (including phenoxy) is 1. The van der Waals surface area contributed by atoms with Crippen LogP contribution in [0.4, 0.5) is 0 Å². The van der Waals surface area contributed by atoms with Crippen LogP contribution in [0.15, 0.2) is 24.3 Å². The molecule has 0 aliphatic carbocycles. The van der Waals surface area contributed by atoms with Gasteiger partial charge in [0.1, 0.15) is 5.75 Å². The minimum atomic E-state index is -0.162. The zero-order valence-corrected chi connectivity index (χ0v) is 13.3. The van der Waals surface area contributed by atoms with Crippen molar-refractivity contribution in [1.29, 1.82) is 0 Å². The molecule has 0 aliphatic heterocycles. The molecule has 1 rings (SSSR count). The predicted octanol–water partition coefficient (Wildman–Crippen LogP) is 3.88. The van der Waals surface area contributed by atoms with Gasteiger partial charge in [-0.2, -0.15) is 0 Å². The fraction of sp³-hybridized carbons (Fsp3) is 0.588. The molecular weight excluding hydrogens is 250 g/mol. The molecule has 0 fully saturated rings. The second-order valence-electron chi connectivity index (χ2n) is 6.47. The highest BCUT2D eigenvalue weighted by Crippen LogP contribution is 2.18. The average molecular weight is 277 g/mol. The third-order valence-corrected chi connectivity index (χ3v) is 2.88. The maximum absolute atomic E-state index is 11.6. The van der Waals surface area contributed by atoms with Crippen molar-refractivity contribution >= 4 is 5.91 Å². The Hall–Kier alpha value is -1.51. The van der Waals surface area contributed by atoms with Gasteiger partial charge < -0.3 is 10.1 Å². The zero-order valence-electron chi connectivity index (χ0n) is 13.3. The number of hydrogen-bond donors (Lipinski definition) is 1. The van der Waals surface area contributed by atoms with Gasteiger partial charge in [0.25, 0.3) is 0 Å². The number of carbonyl (C=O) groups is 1. The Balaban J connectivity index is 2.26. The Kier molecular flexibility index (Phi) is 6.05. The topological polar surface area (TPSA) is 38.3 Å². The molecule has 0 saturated heterocycles. The molecule has 20 heavy (non-hydrogen) atoms. The van der Waals surface area contributed by atoms with E-state index < -0.39 is 0 Å². The van der Waals surface area contributed by atoms with Crippen LogP contribution in [-0.2, 0) is 4.79 Å². The summed E-state index contributed by atoms with van der Waals surface area (Å²) < 4.78 is 5.64. The molecule has 1 N–H and O–H groups in total. The van der Waals surface area contributed by atoms with Crippen LogP contribution < -0.4 is 10.1 Å². The summed E-state index contributed by atoms with van der Waals surface area (Å²) in [5, 5.41) is 2.94. The van der Waals surface area contributed by atoms with Crippen LogP contribution in [0.2, 0.25) is 0 Å². The molecule has 1 amide bonds. The highest BCUT2D eigenvalue weighted by Gasteiger charge is 2.12. The number of nitrogens with one attached hydrogen (secondary N) is 1. The molecule has 1 aromatic rings. The van der Waals surface area contributed by atoms with Gasteiger partial charge in [-0.3, -0.25) is 4.79 Å². The SMILES string of the molecule is CC(C)c1ccc(OCCCC(=O)NC(C)(C)C)cc1. The Labute approximate surface area is 122 Å². The molecule has 0 aromatic heterocycles. The fourth-order valence-corrected chi connectivity index (χ4v) is 1.85. The molecule has 112 valence electrons. The predicted molar refractivity (Wildman–Crippen MR) is 83.2 cm³/mol. The summed E-state index contributed by atoms with van der Waals surface area (Å²) in [7, 11) is 0. The summed E-state index contributed by atoms with van der Waals surface area (Å²) in [6.45, 7) is 10.9. The minimum absolute atomic E-state index is 0.0799. The highest BCUT2D eigenvalue weighted by molar-refractivity contribution is 5.76. The molecule has 0 heterocycles. The van der Waals surface area contributed by atoms with Gasteiger partial charge in [-0.25, -0.2) is 0 Å². The molecule has 0 bridgehead atoms. The quantitative estimate of drug-likeness (QED) is 0.801.